The second-order valence-corrected chi connectivity index (χ2v) is 8.99. The first kappa shape index (κ1) is 21.3. The molecule has 3 aromatic carbocycles. The zero-order valence-electron chi connectivity index (χ0n) is 17.1. The molecule has 0 spiro atoms. The topological polar surface area (TPSA) is 64.0 Å². The van der Waals surface area contributed by atoms with Gasteiger partial charge in [0.05, 0.1) is 22.3 Å². The number of hydrogen-bond acceptors (Lipinski definition) is 4. The van der Waals surface area contributed by atoms with E-state index in [1.54, 1.807) is 10.6 Å². The number of rotatable bonds is 5. The highest BCUT2D eigenvalue weighted by Gasteiger charge is 2.15. The van der Waals surface area contributed by atoms with Crippen LogP contribution in [-0.4, -0.2) is 21.2 Å². The van der Waals surface area contributed by atoms with Gasteiger partial charge in [0.2, 0.25) is 5.91 Å². The van der Waals surface area contributed by atoms with Crippen LogP contribution in [0.4, 0.5) is 5.69 Å². The number of halogens is 1. The highest BCUT2D eigenvalue weighted by Crippen LogP contribution is 2.24. The molecule has 0 atom stereocenters. The molecule has 0 aliphatic heterocycles. The molecule has 0 saturated heterocycles. The van der Waals surface area contributed by atoms with Crippen LogP contribution in [0.2, 0.25) is 0 Å². The normalized spacial score (nSPS) is 10.9. The smallest absolute Gasteiger partial charge is 0.266 e. The number of aryl methyl sites for hydroxylation is 2. The van der Waals surface area contributed by atoms with Crippen molar-refractivity contribution in [3.8, 4) is 5.69 Å². The Balaban J connectivity index is 1.68. The van der Waals surface area contributed by atoms with Crippen LogP contribution in [0.15, 0.2) is 81.2 Å². The Morgan fingerprint density at radius 2 is 1.68 bits per heavy atom. The van der Waals surface area contributed by atoms with Crippen LogP contribution < -0.4 is 10.9 Å². The number of fused-ring (bicyclic) bond motifs is 1. The lowest BCUT2D eigenvalue weighted by Crippen LogP contribution is -2.23. The largest absolute Gasteiger partial charge is 0.325 e. The van der Waals surface area contributed by atoms with Gasteiger partial charge in [0.25, 0.3) is 5.56 Å². The molecule has 4 aromatic rings. The van der Waals surface area contributed by atoms with Gasteiger partial charge in [-0.25, -0.2) is 4.98 Å². The number of carbonyl (C=O) groups excluding carboxylic acids is 1. The van der Waals surface area contributed by atoms with Gasteiger partial charge in [-0.3, -0.25) is 14.2 Å². The molecule has 0 fully saturated rings. The van der Waals surface area contributed by atoms with Crippen molar-refractivity contribution >= 4 is 50.2 Å². The molecule has 0 unspecified atom stereocenters. The first-order valence-corrected chi connectivity index (χ1v) is 11.5. The van der Waals surface area contributed by atoms with Crippen molar-refractivity contribution in [3.05, 3.63) is 92.7 Å². The SMILES string of the molecule is Cc1cccc(C)c1NC(=O)CSc1nc2ccccc2c(=O)n1-c1ccc(Br)cc1. The zero-order valence-corrected chi connectivity index (χ0v) is 19.5. The van der Waals surface area contributed by atoms with Crippen molar-refractivity contribution in [2.75, 3.05) is 11.1 Å². The van der Waals surface area contributed by atoms with Crippen LogP contribution in [-0.2, 0) is 4.79 Å². The van der Waals surface area contributed by atoms with Gasteiger partial charge in [0.1, 0.15) is 0 Å². The van der Waals surface area contributed by atoms with Crippen LogP contribution in [0.1, 0.15) is 11.1 Å². The molecule has 1 N–H and O–H groups in total. The van der Waals surface area contributed by atoms with E-state index in [9.17, 15) is 9.59 Å². The lowest BCUT2D eigenvalue weighted by molar-refractivity contribution is -0.113. The van der Waals surface area contributed by atoms with Crippen LogP contribution in [0, 0.1) is 13.8 Å². The maximum atomic E-state index is 13.3. The predicted molar refractivity (Wildman–Crippen MR) is 130 cm³/mol. The monoisotopic (exact) mass is 493 g/mol. The molecule has 1 amide bonds. The standard InChI is InChI=1S/C24H20BrN3O2S/c1-15-6-5-7-16(2)22(15)27-21(29)14-31-24-26-20-9-4-3-8-19(20)23(30)28(24)18-12-10-17(25)11-13-18/h3-13H,14H2,1-2H3,(H,27,29). The third-order valence-electron chi connectivity index (χ3n) is 4.91. The van der Waals surface area contributed by atoms with E-state index >= 15 is 0 Å². The average molecular weight is 494 g/mol. The van der Waals surface area contributed by atoms with Gasteiger partial charge in [-0.15, -0.1) is 0 Å². The van der Waals surface area contributed by atoms with E-state index in [0.717, 1.165) is 21.3 Å². The van der Waals surface area contributed by atoms with Gasteiger partial charge < -0.3 is 5.32 Å². The molecular weight excluding hydrogens is 474 g/mol. The first-order valence-electron chi connectivity index (χ1n) is 9.70. The fourth-order valence-corrected chi connectivity index (χ4v) is 4.42. The molecule has 1 aromatic heterocycles. The molecule has 0 bridgehead atoms. The van der Waals surface area contributed by atoms with Gasteiger partial charge in [-0.2, -0.15) is 0 Å². The lowest BCUT2D eigenvalue weighted by Gasteiger charge is -2.14. The molecule has 0 aliphatic rings. The Labute approximate surface area is 192 Å². The first-order chi connectivity index (χ1) is 14.9. The van der Waals surface area contributed by atoms with Gasteiger partial charge in [0, 0.05) is 10.2 Å². The molecule has 4 rings (SSSR count). The summed E-state index contributed by atoms with van der Waals surface area (Å²) in [4.78, 5) is 30.6. The van der Waals surface area contributed by atoms with E-state index in [-0.39, 0.29) is 17.2 Å². The number of anilines is 1. The molecule has 31 heavy (non-hydrogen) atoms. The average Bonchev–Trinajstić information content (AvgIpc) is 2.76. The number of hydrogen-bond donors (Lipinski definition) is 1. The van der Waals surface area contributed by atoms with E-state index in [1.165, 1.54) is 11.8 Å². The van der Waals surface area contributed by atoms with E-state index in [1.807, 2.05) is 74.5 Å². The lowest BCUT2D eigenvalue weighted by atomic mass is 10.1. The summed E-state index contributed by atoms with van der Waals surface area (Å²) in [7, 11) is 0. The van der Waals surface area contributed by atoms with Gasteiger partial charge in [0.15, 0.2) is 5.16 Å². The summed E-state index contributed by atoms with van der Waals surface area (Å²) in [5.41, 5.74) is 3.99. The maximum Gasteiger partial charge on any atom is 0.266 e. The molecule has 5 nitrogen and oxygen atoms in total. The Morgan fingerprint density at radius 3 is 2.39 bits per heavy atom. The number of nitrogens with one attached hydrogen (secondary N) is 1. The minimum absolute atomic E-state index is 0.134. The van der Waals surface area contributed by atoms with Crippen molar-refractivity contribution in [3.63, 3.8) is 0 Å². The number of carbonyl (C=O) groups is 1. The molecule has 0 aliphatic carbocycles. The van der Waals surface area contributed by atoms with Crippen LogP contribution in [0.25, 0.3) is 16.6 Å². The molecule has 0 saturated carbocycles. The van der Waals surface area contributed by atoms with Crippen molar-refractivity contribution in [2.24, 2.45) is 0 Å². The number of aromatic nitrogens is 2. The van der Waals surface area contributed by atoms with E-state index in [0.29, 0.717) is 21.7 Å². The molecule has 0 radical (unpaired) electrons. The second kappa shape index (κ2) is 9.08. The summed E-state index contributed by atoms with van der Waals surface area (Å²) in [6, 6.07) is 20.6. The Bertz CT molecular complexity index is 1310. The number of nitrogens with zero attached hydrogens (tertiary/aromatic N) is 2. The Kier molecular flexibility index (Phi) is 6.25. The summed E-state index contributed by atoms with van der Waals surface area (Å²) < 4.78 is 2.48. The molecule has 7 heteroatoms. The highest BCUT2D eigenvalue weighted by molar-refractivity contribution is 9.10. The third kappa shape index (κ3) is 4.57. The van der Waals surface area contributed by atoms with Crippen LogP contribution >= 0.6 is 27.7 Å². The number of benzene rings is 3. The summed E-state index contributed by atoms with van der Waals surface area (Å²) >= 11 is 4.67. The number of thioether (sulfide) groups is 1. The minimum atomic E-state index is -0.162. The van der Waals surface area contributed by atoms with Crippen molar-refractivity contribution in [2.45, 2.75) is 19.0 Å². The minimum Gasteiger partial charge on any atom is -0.325 e. The summed E-state index contributed by atoms with van der Waals surface area (Å²) in [6.45, 7) is 3.93. The maximum absolute atomic E-state index is 13.3. The molecule has 1 heterocycles. The Hall–Kier alpha value is -2.90. The van der Waals surface area contributed by atoms with Crippen molar-refractivity contribution < 1.29 is 4.79 Å². The van der Waals surface area contributed by atoms with Crippen LogP contribution in [0.3, 0.4) is 0 Å². The fourth-order valence-electron chi connectivity index (χ4n) is 3.34. The quantitative estimate of drug-likeness (QED) is 0.294. The molecular formula is C24H20BrN3O2S. The Morgan fingerprint density at radius 1 is 1.00 bits per heavy atom. The number of para-hydroxylation sites is 2. The van der Waals surface area contributed by atoms with Gasteiger partial charge in [-0.05, 0) is 61.4 Å². The summed E-state index contributed by atoms with van der Waals surface area (Å²) in [6.07, 6.45) is 0. The molecule has 156 valence electrons. The van der Waals surface area contributed by atoms with Crippen LogP contribution in [0.5, 0.6) is 0 Å². The van der Waals surface area contributed by atoms with Gasteiger partial charge >= 0.3 is 0 Å². The van der Waals surface area contributed by atoms with Crippen molar-refractivity contribution in [1.29, 1.82) is 0 Å². The summed E-state index contributed by atoms with van der Waals surface area (Å²) in [5.74, 6) is -0.0121. The fraction of sp³-hybridized carbons (Fsp3) is 0.125. The highest BCUT2D eigenvalue weighted by atomic mass is 79.9. The third-order valence-corrected chi connectivity index (χ3v) is 6.37. The number of amides is 1. The zero-order chi connectivity index (χ0) is 22.0. The van der Waals surface area contributed by atoms with E-state index in [4.69, 9.17) is 0 Å². The van der Waals surface area contributed by atoms with E-state index in [2.05, 4.69) is 26.2 Å². The van der Waals surface area contributed by atoms with Crippen molar-refractivity contribution in [1.82, 2.24) is 9.55 Å². The summed E-state index contributed by atoms with van der Waals surface area (Å²) in [5, 5.41) is 4.00. The van der Waals surface area contributed by atoms with E-state index < -0.39 is 0 Å². The predicted octanol–water partition coefficient (Wildman–Crippen LogP) is 5.50. The second-order valence-electron chi connectivity index (χ2n) is 7.13. The van der Waals surface area contributed by atoms with Gasteiger partial charge in [-0.1, -0.05) is 58.0 Å².